The van der Waals surface area contributed by atoms with E-state index in [0.29, 0.717) is 11.5 Å². The van der Waals surface area contributed by atoms with Crippen LogP contribution in [0.15, 0.2) is 36.4 Å². The summed E-state index contributed by atoms with van der Waals surface area (Å²) >= 11 is 0. The van der Waals surface area contributed by atoms with Crippen molar-refractivity contribution in [2.45, 2.75) is 25.8 Å². The van der Waals surface area contributed by atoms with E-state index in [2.05, 4.69) is 27.7 Å². The number of likely N-dealkylation sites (tertiary alicyclic amines) is 1. The lowest BCUT2D eigenvalue weighted by Gasteiger charge is -2.29. The number of rotatable bonds is 4. The molecular weight excluding hydrogens is 318 g/mol. The number of nitrogens with zero attached hydrogens (tertiary/aromatic N) is 3. The Balaban J connectivity index is 1.80. The number of carbonyl (C=O) groups excluding carboxylic acids is 2. The van der Waals surface area contributed by atoms with Gasteiger partial charge in [0.05, 0.1) is 5.69 Å². The summed E-state index contributed by atoms with van der Waals surface area (Å²) in [5.41, 5.74) is 1.08. The van der Waals surface area contributed by atoms with Crippen molar-refractivity contribution in [3.05, 3.63) is 42.1 Å². The van der Waals surface area contributed by atoms with Crippen LogP contribution in [0.2, 0.25) is 0 Å². The predicted molar refractivity (Wildman–Crippen MR) is 95.9 cm³/mol. The van der Waals surface area contributed by atoms with E-state index in [4.69, 9.17) is 0 Å². The van der Waals surface area contributed by atoms with E-state index >= 15 is 0 Å². The van der Waals surface area contributed by atoms with Gasteiger partial charge >= 0.3 is 0 Å². The van der Waals surface area contributed by atoms with Gasteiger partial charge in [0.2, 0.25) is 5.91 Å². The summed E-state index contributed by atoms with van der Waals surface area (Å²) in [6, 6.07) is 11.2. The second kappa shape index (κ2) is 7.48. The highest BCUT2D eigenvalue weighted by Gasteiger charge is 2.22. The van der Waals surface area contributed by atoms with Crippen molar-refractivity contribution in [3.63, 3.8) is 0 Å². The quantitative estimate of drug-likeness (QED) is 0.886. The van der Waals surface area contributed by atoms with E-state index in [-0.39, 0.29) is 17.9 Å². The van der Waals surface area contributed by atoms with E-state index in [1.54, 1.807) is 10.7 Å². The first-order valence-corrected chi connectivity index (χ1v) is 8.45. The maximum atomic E-state index is 12.6. The fourth-order valence-electron chi connectivity index (χ4n) is 2.94. The molecule has 0 bridgehead atoms. The van der Waals surface area contributed by atoms with Gasteiger partial charge in [-0.1, -0.05) is 18.2 Å². The van der Waals surface area contributed by atoms with Crippen molar-refractivity contribution in [2.75, 3.05) is 25.5 Å². The largest absolute Gasteiger partial charge is 0.348 e. The molecule has 2 aromatic rings. The summed E-state index contributed by atoms with van der Waals surface area (Å²) in [6.45, 7) is 3.38. The summed E-state index contributed by atoms with van der Waals surface area (Å²) in [5.74, 6) is 0.0578. The fourth-order valence-corrected chi connectivity index (χ4v) is 2.94. The van der Waals surface area contributed by atoms with Gasteiger partial charge in [-0.2, -0.15) is 5.10 Å². The number of nitrogens with one attached hydrogen (secondary N) is 2. The molecule has 0 aliphatic carbocycles. The maximum Gasteiger partial charge on any atom is 0.272 e. The fraction of sp³-hybridized carbons (Fsp3) is 0.389. The molecule has 3 rings (SSSR count). The average molecular weight is 341 g/mol. The van der Waals surface area contributed by atoms with Gasteiger partial charge in [0, 0.05) is 19.0 Å². The molecule has 0 spiro atoms. The van der Waals surface area contributed by atoms with E-state index < -0.39 is 0 Å². The molecule has 1 aromatic heterocycles. The van der Waals surface area contributed by atoms with Crippen LogP contribution in [0.5, 0.6) is 0 Å². The summed E-state index contributed by atoms with van der Waals surface area (Å²) in [4.78, 5) is 26.3. The number of hydrogen-bond acceptors (Lipinski definition) is 4. The minimum Gasteiger partial charge on any atom is -0.348 e. The highest BCUT2D eigenvalue weighted by Crippen LogP contribution is 2.18. The third kappa shape index (κ3) is 4.24. The number of anilines is 1. The lowest BCUT2D eigenvalue weighted by Crippen LogP contribution is -2.43. The zero-order valence-corrected chi connectivity index (χ0v) is 14.5. The predicted octanol–water partition coefficient (Wildman–Crippen LogP) is 1.65. The number of benzene rings is 1. The summed E-state index contributed by atoms with van der Waals surface area (Å²) in [7, 11) is 2.08. The summed E-state index contributed by atoms with van der Waals surface area (Å²) < 4.78 is 1.57. The first-order valence-electron chi connectivity index (χ1n) is 8.45. The zero-order valence-electron chi connectivity index (χ0n) is 14.5. The molecule has 0 radical (unpaired) electrons. The molecule has 1 aromatic carbocycles. The molecule has 1 saturated heterocycles. The van der Waals surface area contributed by atoms with E-state index in [9.17, 15) is 9.59 Å². The number of piperidine rings is 1. The van der Waals surface area contributed by atoms with Gasteiger partial charge in [0.1, 0.15) is 5.82 Å². The Morgan fingerprint density at radius 2 is 1.84 bits per heavy atom. The van der Waals surface area contributed by atoms with E-state index in [1.165, 1.54) is 6.92 Å². The van der Waals surface area contributed by atoms with Crippen molar-refractivity contribution in [2.24, 2.45) is 0 Å². The molecule has 2 N–H and O–H groups in total. The summed E-state index contributed by atoms with van der Waals surface area (Å²) in [6.07, 6.45) is 1.86. The van der Waals surface area contributed by atoms with Crippen molar-refractivity contribution >= 4 is 17.6 Å². The Morgan fingerprint density at radius 1 is 1.16 bits per heavy atom. The Labute approximate surface area is 147 Å². The minimum absolute atomic E-state index is 0.162. The Hall–Kier alpha value is -2.67. The van der Waals surface area contributed by atoms with Crippen LogP contribution >= 0.6 is 0 Å². The van der Waals surface area contributed by atoms with E-state index in [0.717, 1.165) is 31.6 Å². The van der Waals surface area contributed by atoms with Gasteiger partial charge in [0.15, 0.2) is 5.69 Å². The van der Waals surface area contributed by atoms with Gasteiger partial charge in [0.25, 0.3) is 5.91 Å². The first kappa shape index (κ1) is 17.2. The van der Waals surface area contributed by atoms with Crippen LogP contribution in [-0.4, -0.2) is 52.7 Å². The van der Waals surface area contributed by atoms with Crippen LogP contribution in [0.25, 0.3) is 5.69 Å². The van der Waals surface area contributed by atoms with Crippen LogP contribution in [0, 0.1) is 0 Å². The molecule has 132 valence electrons. The SMILES string of the molecule is CC(=O)Nc1cc(C(=O)NC2CCN(C)CC2)nn1-c1ccccc1. The van der Waals surface area contributed by atoms with Gasteiger partial charge in [-0.05, 0) is 45.1 Å². The van der Waals surface area contributed by atoms with Crippen molar-refractivity contribution in [3.8, 4) is 5.69 Å². The molecule has 2 amide bonds. The minimum atomic E-state index is -0.212. The van der Waals surface area contributed by atoms with Gasteiger partial charge in [-0.15, -0.1) is 0 Å². The van der Waals surface area contributed by atoms with E-state index in [1.807, 2.05) is 30.3 Å². The topological polar surface area (TPSA) is 79.3 Å². The molecule has 0 atom stereocenters. The zero-order chi connectivity index (χ0) is 17.8. The molecule has 0 saturated carbocycles. The normalized spacial score (nSPS) is 15.8. The van der Waals surface area contributed by atoms with Gasteiger partial charge < -0.3 is 15.5 Å². The van der Waals surface area contributed by atoms with Crippen LogP contribution < -0.4 is 10.6 Å². The Morgan fingerprint density at radius 3 is 2.48 bits per heavy atom. The molecule has 1 aliphatic heterocycles. The molecule has 7 nitrogen and oxygen atoms in total. The number of carbonyl (C=O) groups is 2. The maximum absolute atomic E-state index is 12.6. The molecule has 2 heterocycles. The smallest absolute Gasteiger partial charge is 0.272 e. The third-order valence-corrected chi connectivity index (χ3v) is 4.30. The average Bonchev–Trinajstić information content (AvgIpc) is 3.01. The summed E-state index contributed by atoms with van der Waals surface area (Å²) in [5, 5.41) is 10.2. The number of aromatic nitrogens is 2. The lowest BCUT2D eigenvalue weighted by atomic mass is 10.1. The van der Waals surface area contributed by atoms with Crippen LogP contribution in [0.4, 0.5) is 5.82 Å². The molecule has 0 unspecified atom stereocenters. The van der Waals surface area contributed by atoms with Gasteiger partial charge in [-0.25, -0.2) is 4.68 Å². The van der Waals surface area contributed by atoms with Crippen LogP contribution in [0.3, 0.4) is 0 Å². The number of hydrogen-bond donors (Lipinski definition) is 2. The second-order valence-corrected chi connectivity index (χ2v) is 6.39. The van der Waals surface area contributed by atoms with Crippen molar-refractivity contribution in [1.82, 2.24) is 20.0 Å². The molecule has 25 heavy (non-hydrogen) atoms. The monoisotopic (exact) mass is 341 g/mol. The lowest BCUT2D eigenvalue weighted by molar-refractivity contribution is -0.114. The molecule has 7 heteroatoms. The number of para-hydroxylation sites is 1. The first-order chi connectivity index (χ1) is 12.0. The van der Waals surface area contributed by atoms with Gasteiger partial charge in [-0.3, -0.25) is 9.59 Å². The molecule has 1 fully saturated rings. The highest BCUT2D eigenvalue weighted by atomic mass is 16.2. The Bertz CT molecular complexity index is 748. The Kier molecular flexibility index (Phi) is 5.14. The van der Waals surface area contributed by atoms with Crippen LogP contribution in [-0.2, 0) is 4.79 Å². The highest BCUT2D eigenvalue weighted by molar-refractivity contribution is 5.95. The molecular formula is C18H23N5O2. The van der Waals surface area contributed by atoms with Crippen LogP contribution in [0.1, 0.15) is 30.3 Å². The third-order valence-electron chi connectivity index (χ3n) is 4.30. The van der Waals surface area contributed by atoms with Crippen molar-refractivity contribution < 1.29 is 9.59 Å². The second-order valence-electron chi connectivity index (χ2n) is 6.39. The number of amides is 2. The molecule has 1 aliphatic rings. The standard InChI is InChI=1S/C18H23N5O2/c1-13(24)19-17-12-16(21-23(17)15-6-4-3-5-7-15)18(25)20-14-8-10-22(2)11-9-14/h3-7,12,14H,8-11H2,1-2H3,(H,19,24)(H,20,25). The van der Waals surface area contributed by atoms with Crippen molar-refractivity contribution in [1.29, 1.82) is 0 Å².